The van der Waals surface area contributed by atoms with Crippen molar-refractivity contribution in [3.63, 3.8) is 0 Å². The summed E-state index contributed by atoms with van der Waals surface area (Å²) >= 11 is 0. The second-order valence-corrected chi connectivity index (χ2v) is 3.40. The van der Waals surface area contributed by atoms with Crippen LogP contribution in [0.3, 0.4) is 0 Å². The maximum Gasteiger partial charge on any atom is 0.0938 e. The van der Waals surface area contributed by atoms with E-state index >= 15 is 0 Å². The largest absolute Gasteiger partial charge is 0.387 e. The molecular formula is C11H17NO. The molecule has 1 rings (SSSR count). The Bertz CT molecular complexity index is 253. The third kappa shape index (κ3) is 2.54. The fraction of sp³-hybridized carbons (Fsp3) is 0.455. The summed E-state index contributed by atoms with van der Waals surface area (Å²) in [6.07, 6.45) is 0.472. The van der Waals surface area contributed by atoms with Crippen LogP contribution in [0.15, 0.2) is 24.3 Å². The zero-order valence-corrected chi connectivity index (χ0v) is 8.20. The summed E-state index contributed by atoms with van der Waals surface area (Å²) in [7, 11) is 0. The van der Waals surface area contributed by atoms with E-state index in [-0.39, 0.29) is 6.04 Å². The van der Waals surface area contributed by atoms with Crippen molar-refractivity contribution in [2.24, 2.45) is 5.73 Å². The molecule has 2 atom stereocenters. The zero-order chi connectivity index (χ0) is 9.84. The zero-order valence-electron chi connectivity index (χ0n) is 8.20. The highest BCUT2D eigenvalue weighted by Crippen LogP contribution is 2.16. The first-order chi connectivity index (χ1) is 6.15. The summed E-state index contributed by atoms with van der Waals surface area (Å²) in [4.78, 5) is 0. The molecule has 0 spiro atoms. The van der Waals surface area contributed by atoms with Crippen LogP contribution in [0.1, 0.15) is 31.1 Å². The van der Waals surface area contributed by atoms with E-state index in [1.807, 2.05) is 24.3 Å². The molecule has 72 valence electrons. The number of hydrogen-bond donors (Lipinski definition) is 2. The molecule has 0 aliphatic rings. The highest BCUT2D eigenvalue weighted by atomic mass is 16.3. The third-order valence-corrected chi connectivity index (χ3v) is 2.23. The van der Waals surface area contributed by atoms with Crippen LogP contribution in [0.2, 0.25) is 0 Å². The van der Waals surface area contributed by atoms with Gasteiger partial charge in [-0.15, -0.1) is 0 Å². The Kier molecular flexibility index (Phi) is 3.46. The average molecular weight is 179 g/mol. The number of aliphatic hydroxyl groups excluding tert-OH is 1. The van der Waals surface area contributed by atoms with E-state index in [0.717, 1.165) is 12.0 Å². The first kappa shape index (κ1) is 10.2. The molecule has 0 aliphatic carbocycles. The van der Waals surface area contributed by atoms with Crippen molar-refractivity contribution in [3.05, 3.63) is 35.4 Å². The van der Waals surface area contributed by atoms with Crippen molar-refractivity contribution in [1.82, 2.24) is 0 Å². The van der Waals surface area contributed by atoms with Crippen LogP contribution < -0.4 is 5.73 Å². The molecule has 0 saturated carbocycles. The maximum atomic E-state index is 9.64. The van der Waals surface area contributed by atoms with Gasteiger partial charge in [0.25, 0.3) is 0 Å². The maximum absolute atomic E-state index is 9.64. The van der Waals surface area contributed by atoms with Gasteiger partial charge in [-0.1, -0.05) is 31.2 Å². The molecule has 0 heterocycles. The van der Waals surface area contributed by atoms with Gasteiger partial charge in [0.15, 0.2) is 0 Å². The standard InChI is InChI=1S/C11H17NO/c1-3-9-4-6-10(7-5-9)11(13)8(2)12/h4-8,11,13H,3,12H2,1-2H3/t8-,11-/m1/s1. The Morgan fingerprint density at radius 1 is 1.31 bits per heavy atom. The third-order valence-electron chi connectivity index (χ3n) is 2.23. The Labute approximate surface area is 79.4 Å². The molecule has 0 radical (unpaired) electrons. The summed E-state index contributed by atoms with van der Waals surface area (Å²) in [6.45, 7) is 3.91. The topological polar surface area (TPSA) is 46.2 Å². The van der Waals surface area contributed by atoms with Gasteiger partial charge in [-0.05, 0) is 24.5 Å². The van der Waals surface area contributed by atoms with Crippen LogP contribution in [0, 0.1) is 0 Å². The highest BCUT2D eigenvalue weighted by Gasteiger charge is 2.11. The van der Waals surface area contributed by atoms with Gasteiger partial charge in [0, 0.05) is 6.04 Å². The molecule has 1 aromatic rings. The fourth-order valence-electron chi connectivity index (χ4n) is 1.25. The minimum absolute atomic E-state index is 0.215. The lowest BCUT2D eigenvalue weighted by Crippen LogP contribution is -2.24. The van der Waals surface area contributed by atoms with Gasteiger partial charge < -0.3 is 10.8 Å². The second kappa shape index (κ2) is 4.40. The van der Waals surface area contributed by atoms with Crippen LogP contribution in [0.4, 0.5) is 0 Å². The highest BCUT2D eigenvalue weighted by molar-refractivity contribution is 5.24. The molecule has 0 saturated heterocycles. The Balaban J connectivity index is 2.79. The molecule has 3 N–H and O–H groups in total. The van der Waals surface area contributed by atoms with Gasteiger partial charge in [0.1, 0.15) is 0 Å². The number of benzene rings is 1. The number of rotatable bonds is 3. The molecular weight excluding hydrogens is 162 g/mol. The summed E-state index contributed by atoms with van der Waals surface area (Å²) < 4.78 is 0. The summed E-state index contributed by atoms with van der Waals surface area (Å²) in [5.74, 6) is 0. The molecule has 2 nitrogen and oxygen atoms in total. The van der Waals surface area contributed by atoms with Gasteiger partial charge in [0.05, 0.1) is 6.10 Å². The molecule has 1 aromatic carbocycles. The van der Waals surface area contributed by atoms with Crippen LogP contribution in [-0.2, 0) is 6.42 Å². The Hall–Kier alpha value is -0.860. The molecule has 0 bridgehead atoms. The predicted octanol–water partition coefficient (Wildman–Crippen LogP) is 1.63. The van der Waals surface area contributed by atoms with E-state index in [1.165, 1.54) is 5.56 Å². The summed E-state index contributed by atoms with van der Waals surface area (Å²) in [5.41, 5.74) is 7.76. The van der Waals surface area contributed by atoms with Gasteiger partial charge in [-0.2, -0.15) is 0 Å². The van der Waals surface area contributed by atoms with Crippen molar-refractivity contribution in [1.29, 1.82) is 0 Å². The summed E-state index contributed by atoms with van der Waals surface area (Å²) in [5, 5.41) is 9.64. The van der Waals surface area contributed by atoms with E-state index in [4.69, 9.17) is 5.73 Å². The summed E-state index contributed by atoms with van der Waals surface area (Å²) in [6, 6.07) is 7.72. The Morgan fingerprint density at radius 2 is 1.85 bits per heavy atom. The average Bonchev–Trinajstić information content (AvgIpc) is 2.17. The van der Waals surface area contributed by atoms with Gasteiger partial charge in [-0.3, -0.25) is 0 Å². The van der Waals surface area contributed by atoms with Crippen LogP contribution in [-0.4, -0.2) is 11.1 Å². The van der Waals surface area contributed by atoms with E-state index in [1.54, 1.807) is 6.92 Å². The van der Waals surface area contributed by atoms with Gasteiger partial charge in [-0.25, -0.2) is 0 Å². The van der Waals surface area contributed by atoms with E-state index in [0.29, 0.717) is 0 Å². The fourth-order valence-corrected chi connectivity index (χ4v) is 1.25. The molecule has 13 heavy (non-hydrogen) atoms. The van der Waals surface area contributed by atoms with Gasteiger partial charge >= 0.3 is 0 Å². The minimum Gasteiger partial charge on any atom is -0.387 e. The quantitative estimate of drug-likeness (QED) is 0.740. The first-order valence-corrected chi connectivity index (χ1v) is 4.67. The van der Waals surface area contributed by atoms with Crippen LogP contribution >= 0.6 is 0 Å². The van der Waals surface area contributed by atoms with Crippen LogP contribution in [0.25, 0.3) is 0 Å². The molecule has 0 fully saturated rings. The predicted molar refractivity (Wildman–Crippen MR) is 54.4 cm³/mol. The second-order valence-electron chi connectivity index (χ2n) is 3.40. The lowest BCUT2D eigenvalue weighted by molar-refractivity contribution is 0.153. The number of aliphatic hydroxyl groups is 1. The van der Waals surface area contributed by atoms with Gasteiger partial charge in [0.2, 0.25) is 0 Å². The number of aryl methyl sites for hydroxylation is 1. The minimum atomic E-state index is -0.550. The van der Waals surface area contributed by atoms with Crippen molar-refractivity contribution in [2.45, 2.75) is 32.4 Å². The number of hydrogen-bond acceptors (Lipinski definition) is 2. The molecule has 0 unspecified atom stereocenters. The molecule has 0 aromatic heterocycles. The van der Waals surface area contributed by atoms with E-state index in [9.17, 15) is 5.11 Å². The molecule has 2 heteroatoms. The van der Waals surface area contributed by atoms with E-state index in [2.05, 4.69) is 6.92 Å². The first-order valence-electron chi connectivity index (χ1n) is 4.67. The lowest BCUT2D eigenvalue weighted by Gasteiger charge is -2.14. The van der Waals surface area contributed by atoms with E-state index < -0.39 is 6.10 Å². The normalized spacial score (nSPS) is 15.4. The van der Waals surface area contributed by atoms with Crippen molar-refractivity contribution < 1.29 is 5.11 Å². The van der Waals surface area contributed by atoms with Crippen molar-refractivity contribution in [3.8, 4) is 0 Å². The molecule has 0 aliphatic heterocycles. The Morgan fingerprint density at radius 3 is 2.23 bits per heavy atom. The van der Waals surface area contributed by atoms with Crippen molar-refractivity contribution >= 4 is 0 Å². The smallest absolute Gasteiger partial charge is 0.0938 e. The van der Waals surface area contributed by atoms with Crippen molar-refractivity contribution in [2.75, 3.05) is 0 Å². The monoisotopic (exact) mass is 179 g/mol. The van der Waals surface area contributed by atoms with Crippen LogP contribution in [0.5, 0.6) is 0 Å². The lowest BCUT2D eigenvalue weighted by atomic mass is 10.0. The SMILES string of the molecule is CCc1ccc([C@H](O)[C@@H](C)N)cc1. The molecule has 0 amide bonds. The number of nitrogens with two attached hydrogens (primary N) is 1.